The van der Waals surface area contributed by atoms with Crippen LogP contribution in [0.2, 0.25) is 0 Å². The number of benzene rings is 1. The molecule has 0 aliphatic carbocycles. The molecule has 2 aromatic rings. The van der Waals surface area contributed by atoms with Gasteiger partial charge in [0, 0.05) is 37.7 Å². The Morgan fingerprint density at radius 3 is 2.71 bits per heavy atom. The van der Waals surface area contributed by atoms with Crippen molar-refractivity contribution in [2.45, 2.75) is 45.4 Å². The molecule has 0 radical (unpaired) electrons. The van der Waals surface area contributed by atoms with Gasteiger partial charge in [-0.25, -0.2) is 0 Å². The average molecular weight is 557 g/mol. The van der Waals surface area contributed by atoms with Crippen molar-refractivity contribution in [2.75, 3.05) is 33.8 Å². The first-order valence-electron chi connectivity index (χ1n) is 11.1. The zero-order valence-corrected chi connectivity index (χ0v) is 22.1. The molecule has 1 aliphatic heterocycles. The van der Waals surface area contributed by atoms with E-state index in [1.165, 1.54) is 35.4 Å². The third-order valence-corrected chi connectivity index (χ3v) is 6.71. The van der Waals surface area contributed by atoms with Gasteiger partial charge in [0.2, 0.25) is 0 Å². The number of likely N-dealkylation sites (tertiary alicyclic amines) is 1. The molecule has 1 aromatic heterocycles. The van der Waals surface area contributed by atoms with Crippen LogP contribution in [-0.2, 0) is 17.9 Å². The molecule has 2 unspecified atom stereocenters. The van der Waals surface area contributed by atoms with Crippen LogP contribution in [0.1, 0.15) is 48.2 Å². The largest absolute Gasteiger partial charge is 0.377 e. The van der Waals surface area contributed by atoms with E-state index in [4.69, 9.17) is 4.74 Å². The highest BCUT2D eigenvalue weighted by Crippen LogP contribution is 2.36. The van der Waals surface area contributed by atoms with E-state index >= 15 is 0 Å². The van der Waals surface area contributed by atoms with Crippen LogP contribution < -0.4 is 10.6 Å². The monoisotopic (exact) mass is 556 g/mol. The summed E-state index contributed by atoms with van der Waals surface area (Å²) in [6, 6.07) is 13.4. The summed E-state index contributed by atoms with van der Waals surface area (Å²) in [4.78, 5) is 8.42. The third kappa shape index (κ3) is 7.73. The maximum Gasteiger partial charge on any atom is 0.191 e. The molecule has 7 heteroatoms. The molecule has 31 heavy (non-hydrogen) atoms. The highest BCUT2D eigenvalue weighted by molar-refractivity contribution is 14.0. The Morgan fingerprint density at radius 1 is 1.19 bits per heavy atom. The second kappa shape index (κ2) is 14.1. The van der Waals surface area contributed by atoms with E-state index in [-0.39, 0.29) is 24.0 Å². The summed E-state index contributed by atoms with van der Waals surface area (Å²) in [7, 11) is 4.09. The Labute approximate surface area is 208 Å². The van der Waals surface area contributed by atoms with E-state index in [2.05, 4.69) is 76.3 Å². The van der Waals surface area contributed by atoms with E-state index in [1.807, 2.05) is 18.4 Å². The molecule has 0 saturated carbocycles. The molecule has 1 aromatic carbocycles. The minimum atomic E-state index is 0. The molecule has 0 amide bonds. The average Bonchev–Trinajstić information content (AvgIpc) is 3.29. The number of nitrogens with one attached hydrogen (secondary N) is 2. The molecule has 1 saturated heterocycles. The Hall–Kier alpha value is -1.16. The fourth-order valence-corrected chi connectivity index (χ4v) is 5.19. The van der Waals surface area contributed by atoms with Crippen molar-refractivity contribution in [3.63, 3.8) is 0 Å². The molecule has 5 nitrogen and oxygen atoms in total. The van der Waals surface area contributed by atoms with Gasteiger partial charge in [0.05, 0.1) is 6.61 Å². The van der Waals surface area contributed by atoms with Gasteiger partial charge in [-0.05, 0) is 61.3 Å². The predicted molar refractivity (Wildman–Crippen MR) is 142 cm³/mol. The van der Waals surface area contributed by atoms with Gasteiger partial charge in [-0.1, -0.05) is 37.3 Å². The predicted octanol–water partition coefficient (Wildman–Crippen LogP) is 5.04. The summed E-state index contributed by atoms with van der Waals surface area (Å²) in [5.74, 6) is 1.44. The van der Waals surface area contributed by atoms with Crippen molar-refractivity contribution in [3.05, 3.63) is 57.8 Å². The molecular weight excluding hydrogens is 519 g/mol. The SMILES string of the molecule is CCCOCc1ccccc1CNC(=NC)NCC1CCCN(C)C1c1cccs1.I. The standard InChI is InChI=1S/C24H36N4OS.HI/c1-4-14-29-18-21-10-6-5-9-19(21)16-26-24(25-2)27-17-20-11-7-13-28(3)23(20)22-12-8-15-30-22;/h5-6,8-10,12,15,20,23H,4,7,11,13-14,16-18H2,1-3H3,(H2,25,26,27);1H. The number of rotatable bonds is 9. The number of piperidine rings is 1. The lowest BCUT2D eigenvalue weighted by Crippen LogP contribution is -2.44. The second-order valence-corrected chi connectivity index (χ2v) is 8.95. The fraction of sp³-hybridized carbons (Fsp3) is 0.542. The lowest BCUT2D eigenvalue weighted by molar-refractivity contribution is 0.121. The van der Waals surface area contributed by atoms with Crippen LogP contribution in [0.25, 0.3) is 0 Å². The lowest BCUT2D eigenvalue weighted by Gasteiger charge is -2.39. The Kier molecular flexibility index (Phi) is 11.9. The van der Waals surface area contributed by atoms with E-state index < -0.39 is 0 Å². The molecule has 0 bridgehead atoms. The van der Waals surface area contributed by atoms with Gasteiger partial charge in [0.25, 0.3) is 0 Å². The Balaban J connectivity index is 0.00000341. The highest BCUT2D eigenvalue weighted by Gasteiger charge is 2.31. The van der Waals surface area contributed by atoms with Crippen molar-refractivity contribution in [2.24, 2.45) is 10.9 Å². The quantitative estimate of drug-likeness (QED) is 0.197. The second-order valence-electron chi connectivity index (χ2n) is 7.97. The zero-order chi connectivity index (χ0) is 21.2. The molecule has 1 aliphatic rings. The van der Waals surface area contributed by atoms with Gasteiger partial charge >= 0.3 is 0 Å². The van der Waals surface area contributed by atoms with Crippen LogP contribution in [0.15, 0.2) is 46.8 Å². The minimum Gasteiger partial charge on any atom is -0.377 e. The summed E-state index contributed by atoms with van der Waals surface area (Å²) in [5, 5.41) is 9.25. The number of nitrogens with zero attached hydrogens (tertiary/aromatic N) is 2. The van der Waals surface area contributed by atoms with E-state index in [0.717, 1.165) is 32.1 Å². The van der Waals surface area contributed by atoms with Crippen molar-refractivity contribution >= 4 is 41.3 Å². The fourth-order valence-electron chi connectivity index (χ4n) is 4.21. The first-order chi connectivity index (χ1) is 14.7. The van der Waals surface area contributed by atoms with Crippen molar-refractivity contribution in [1.29, 1.82) is 0 Å². The summed E-state index contributed by atoms with van der Waals surface area (Å²) >= 11 is 1.87. The normalized spacial score (nSPS) is 19.6. The summed E-state index contributed by atoms with van der Waals surface area (Å²) in [6.07, 6.45) is 3.54. The van der Waals surface area contributed by atoms with E-state index in [0.29, 0.717) is 18.6 Å². The molecule has 2 heterocycles. The summed E-state index contributed by atoms with van der Waals surface area (Å²) in [6.45, 7) is 6.43. The smallest absolute Gasteiger partial charge is 0.191 e. The maximum atomic E-state index is 5.75. The van der Waals surface area contributed by atoms with Crippen LogP contribution in [0.3, 0.4) is 0 Å². The van der Waals surface area contributed by atoms with Crippen LogP contribution >= 0.6 is 35.3 Å². The van der Waals surface area contributed by atoms with Gasteiger partial charge in [-0.15, -0.1) is 35.3 Å². The highest BCUT2D eigenvalue weighted by atomic mass is 127. The molecule has 3 rings (SSSR count). The van der Waals surface area contributed by atoms with Crippen LogP contribution in [0, 0.1) is 5.92 Å². The van der Waals surface area contributed by atoms with E-state index in [9.17, 15) is 0 Å². The summed E-state index contributed by atoms with van der Waals surface area (Å²) < 4.78 is 5.75. The number of thiophene rings is 1. The number of ether oxygens (including phenoxy) is 1. The Bertz CT molecular complexity index is 784. The zero-order valence-electron chi connectivity index (χ0n) is 19.0. The Morgan fingerprint density at radius 2 is 2.00 bits per heavy atom. The maximum absolute atomic E-state index is 5.75. The number of aliphatic imine (C=N–C) groups is 1. The molecule has 172 valence electrons. The van der Waals surface area contributed by atoms with Crippen molar-refractivity contribution in [3.8, 4) is 0 Å². The first-order valence-corrected chi connectivity index (χ1v) is 11.9. The minimum absolute atomic E-state index is 0. The number of hydrogen-bond donors (Lipinski definition) is 2. The lowest BCUT2D eigenvalue weighted by atomic mass is 9.88. The molecule has 2 N–H and O–H groups in total. The van der Waals surface area contributed by atoms with Crippen LogP contribution in [0.4, 0.5) is 0 Å². The first kappa shape index (κ1) is 26.1. The van der Waals surface area contributed by atoms with E-state index in [1.54, 1.807) is 0 Å². The van der Waals surface area contributed by atoms with Gasteiger partial charge in [-0.2, -0.15) is 0 Å². The van der Waals surface area contributed by atoms with Crippen LogP contribution in [0.5, 0.6) is 0 Å². The van der Waals surface area contributed by atoms with Gasteiger partial charge in [0.15, 0.2) is 5.96 Å². The number of guanidine groups is 1. The van der Waals surface area contributed by atoms with Gasteiger partial charge < -0.3 is 15.4 Å². The molecular formula is C24H37IN4OS. The van der Waals surface area contributed by atoms with Crippen molar-refractivity contribution < 1.29 is 4.74 Å². The molecule has 1 fully saturated rings. The number of halogens is 1. The summed E-state index contributed by atoms with van der Waals surface area (Å²) in [5.41, 5.74) is 2.49. The molecule has 0 spiro atoms. The topological polar surface area (TPSA) is 48.9 Å². The van der Waals surface area contributed by atoms with Gasteiger partial charge in [0.1, 0.15) is 0 Å². The molecule has 2 atom stereocenters. The van der Waals surface area contributed by atoms with Crippen molar-refractivity contribution in [1.82, 2.24) is 15.5 Å². The number of hydrogen-bond acceptors (Lipinski definition) is 4. The third-order valence-electron chi connectivity index (χ3n) is 5.77. The van der Waals surface area contributed by atoms with Gasteiger partial charge in [-0.3, -0.25) is 9.89 Å². The van der Waals surface area contributed by atoms with Crippen LogP contribution in [-0.4, -0.2) is 44.7 Å².